The molecule has 1 heterocycles. The molecule has 0 amide bonds. The normalized spacial score (nSPS) is 11.2. The average molecular weight is 235 g/mol. The summed E-state index contributed by atoms with van der Waals surface area (Å²) in [6.07, 6.45) is -3.76. The summed E-state index contributed by atoms with van der Waals surface area (Å²) in [7, 11) is 0. The summed E-state index contributed by atoms with van der Waals surface area (Å²) in [6.45, 7) is -0.522. The number of hydrogen-bond acceptors (Lipinski definition) is 4. The highest BCUT2D eigenvalue weighted by atomic mass is 19.4. The van der Waals surface area contributed by atoms with Gasteiger partial charge >= 0.3 is 12.1 Å². The van der Waals surface area contributed by atoms with E-state index in [4.69, 9.17) is 10.8 Å². The molecule has 16 heavy (non-hydrogen) atoms. The number of anilines is 2. The number of pyridine rings is 1. The Morgan fingerprint density at radius 2 is 2.19 bits per heavy atom. The molecule has 0 radical (unpaired) electrons. The SMILES string of the molecule is Nc1cnc(C(F)(F)F)cc1NCC(=O)O. The number of carboxylic acids is 1. The molecule has 0 fully saturated rings. The number of halogens is 3. The number of carboxylic acid groups (broad SMARTS) is 1. The Labute approximate surface area is 88.1 Å². The Morgan fingerprint density at radius 3 is 2.69 bits per heavy atom. The maximum Gasteiger partial charge on any atom is 0.433 e. The summed E-state index contributed by atoms with van der Waals surface area (Å²) in [5, 5.41) is 10.6. The van der Waals surface area contributed by atoms with Crippen LogP contribution in [-0.2, 0) is 11.0 Å². The predicted molar refractivity (Wildman–Crippen MR) is 49.8 cm³/mol. The molecule has 4 N–H and O–H groups in total. The molecule has 0 aliphatic heterocycles. The van der Waals surface area contributed by atoms with E-state index in [9.17, 15) is 18.0 Å². The Hall–Kier alpha value is -1.99. The minimum atomic E-state index is -4.59. The minimum Gasteiger partial charge on any atom is -0.480 e. The van der Waals surface area contributed by atoms with Gasteiger partial charge in [-0.05, 0) is 6.07 Å². The topological polar surface area (TPSA) is 88.2 Å². The maximum atomic E-state index is 12.3. The zero-order chi connectivity index (χ0) is 12.3. The van der Waals surface area contributed by atoms with E-state index in [1.54, 1.807) is 0 Å². The first-order chi connectivity index (χ1) is 7.30. The predicted octanol–water partition coefficient (Wildman–Crippen LogP) is 1.18. The number of hydrogen-bond donors (Lipinski definition) is 3. The van der Waals surface area contributed by atoms with E-state index >= 15 is 0 Å². The van der Waals surface area contributed by atoms with Crippen molar-refractivity contribution in [3.8, 4) is 0 Å². The van der Waals surface area contributed by atoms with Gasteiger partial charge in [-0.1, -0.05) is 0 Å². The third-order valence-electron chi connectivity index (χ3n) is 1.66. The van der Waals surface area contributed by atoms with Gasteiger partial charge in [0.2, 0.25) is 0 Å². The van der Waals surface area contributed by atoms with Crippen LogP contribution in [0.5, 0.6) is 0 Å². The van der Waals surface area contributed by atoms with E-state index in [2.05, 4.69) is 10.3 Å². The van der Waals surface area contributed by atoms with Crippen molar-refractivity contribution in [3.05, 3.63) is 18.0 Å². The van der Waals surface area contributed by atoms with Crippen LogP contribution in [0.25, 0.3) is 0 Å². The van der Waals surface area contributed by atoms with E-state index in [0.717, 1.165) is 6.20 Å². The standard InChI is InChI=1S/C8H8F3N3O2/c9-8(10,11)6-1-5(4(12)2-14-6)13-3-7(15)16/h1-2H,3,12H2,(H,13,14)(H,15,16). The van der Waals surface area contributed by atoms with Gasteiger partial charge in [-0.3, -0.25) is 4.79 Å². The lowest BCUT2D eigenvalue weighted by molar-refractivity contribution is -0.141. The second-order valence-corrected chi connectivity index (χ2v) is 2.90. The highest BCUT2D eigenvalue weighted by molar-refractivity contribution is 5.75. The van der Waals surface area contributed by atoms with Crippen LogP contribution in [0.4, 0.5) is 24.5 Å². The Bertz CT molecular complexity index is 406. The van der Waals surface area contributed by atoms with Gasteiger partial charge in [0.1, 0.15) is 12.2 Å². The third-order valence-corrected chi connectivity index (χ3v) is 1.66. The van der Waals surface area contributed by atoms with E-state index in [1.165, 1.54) is 0 Å². The van der Waals surface area contributed by atoms with Gasteiger partial charge in [-0.15, -0.1) is 0 Å². The van der Waals surface area contributed by atoms with Crippen molar-refractivity contribution < 1.29 is 23.1 Å². The minimum absolute atomic E-state index is 0.0470. The van der Waals surface area contributed by atoms with Crippen LogP contribution in [0.15, 0.2) is 12.3 Å². The van der Waals surface area contributed by atoms with Crippen LogP contribution < -0.4 is 11.1 Å². The lowest BCUT2D eigenvalue weighted by Gasteiger charge is -2.10. The number of carbonyl (C=O) groups is 1. The molecule has 5 nitrogen and oxygen atoms in total. The quantitative estimate of drug-likeness (QED) is 0.732. The number of rotatable bonds is 3. The fraction of sp³-hybridized carbons (Fsp3) is 0.250. The molecule has 0 spiro atoms. The van der Waals surface area contributed by atoms with Crippen molar-refractivity contribution in [1.82, 2.24) is 4.98 Å². The number of nitrogens with one attached hydrogen (secondary N) is 1. The van der Waals surface area contributed by atoms with Crippen molar-refractivity contribution in [2.24, 2.45) is 0 Å². The van der Waals surface area contributed by atoms with Gasteiger partial charge in [0.05, 0.1) is 17.6 Å². The fourth-order valence-electron chi connectivity index (χ4n) is 0.945. The van der Waals surface area contributed by atoms with Crippen LogP contribution in [0, 0.1) is 0 Å². The summed E-state index contributed by atoms with van der Waals surface area (Å²) < 4.78 is 36.8. The van der Waals surface area contributed by atoms with Crippen LogP contribution >= 0.6 is 0 Å². The van der Waals surface area contributed by atoms with Gasteiger partial charge in [-0.25, -0.2) is 4.98 Å². The molecule has 0 aromatic carbocycles. The second kappa shape index (κ2) is 4.25. The van der Waals surface area contributed by atoms with Crippen molar-refractivity contribution in [2.75, 3.05) is 17.6 Å². The molecule has 0 aliphatic carbocycles. The van der Waals surface area contributed by atoms with E-state index in [0.29, 0.717) is 6.07 Å². The summed E-state index contributed by atoms with van der Waals surface area (Å²) >= 11 is 0. The summed E-state index contributed by atoms with van der Waals surface area (Å²) in [4.78, 5) is 13.3. The number of aromatic nitrogens is 1. The molecule has 0 saturated carbocycles. The number of nitrogen functional groups attached to an aromatic ring is 1. The van der Waals surface area contributed by atoms with Gasteiger partial charge in [0.15, 0.2) is 0 Å². The van der Waals surface area contributed by atoms with Crippen LogP contribution in [0.3, 0.4) is 0 Å². The van der Waals surface area contributed by atoms with Crippen molar-refractivity contribution in [1.29, 1.82) is 0 Å². The van der Waals surface area contributed by atoms with Gasteiger partial charge in [-0.2, -0.15) is 13.2 Å². The zero-order valence-electron chi connectivity index (χ0n) is 7.88. The fourth-order valence-corrected chi connectivity index (χ4v) is 0.945. The zero-order valence-corrected chi connectivity index (χ0v) is 7.88. The Balaban J connectivity index is 2.95. The molecule has 1 rings (SSSR count). The van der Waals surface area contributed by atoms with Gasteiger partial charge in [0, 0.05) is 0 Å². The van der Waals surface area contributed by atoms with E-state index in [1.807, 2.05) is 0 Å². The maximum absolute atomic E-state index is 12.3. The summed E-state index contributed by atoms with van der Waals surface area (Å²) in [5.74, 6) is -1.20. The molecule has 88 valence electrons. The van der Waals surface area contributed by atoms with E-state index in [-0.39, 0.29) is 11.4 Å². The number of nitrogens with two attached hydrogens (primary N) is 1. The van der Waals surface area contributed by atoms with Crippen LogP contribution in [0.1, 0.15) is 5.69 Å². The van der Waals surface area contributed by atoms with Crippen LogP contribution in [-0.4, -0.2) is 22.6 Å². The average Bonchev–Trinajstić information content (AvgIpc) is 2.14. The molecule has 0 saturated heterocycles. The van der Waals surface area contributed by atoms with Gasteiger partial charge < -0.3 is 16.2 Å². The monoisotopic (exact) mass is 235 g/mol. The molecule has 0 aliphatic rings. The molecule has 1 aromatic heterocycles. The van der Waals surface area contributed by atoms with E-state index < -0.39 is 24.4 Å². The Kier molecular flexibility index (Phi) is 3.21. The number of alkyl halides is 3. The third kappa shape index (κ3) is 3.01. The van der Waals surface area contributed by atoms with Crippen molar-refractivity contribution in [2.45, 2.75) is 6.18 Å². The Morgan fingerprint density at radius 1 is 1.56 bits per heavy atom. The molecule has 0 atom stereocenters. The molecular formula is C8H8F3N3O2. The smallest absolute Gasteiger partial charge is 0.433 e. The highest BCUT2D eigenvalue weighted by Gasteiger charge is 2.32. The largest absolute Gasteiger partial charge is 0.480 e. The highest BCUT2D eigenvalue weighted by Crippen LogP contribution is 2.30. The molecular weight excluding hydrogens is 227 g/mol. The van der Waals surface area contributed by atoms with Crippen molar-refractivity contribution in [3.63, 3.8) is 0 Å². The van der Waals surface area contributed by atoms with Crippen molar-refractivity contribution >= 4 is 17.3 Å². The number of nitrogens with zero attached hydrogens (tertiary/aromatic N) is 1. The summed E-state index contributed by atoms with van der Waals surface area (Å²) in [5.41, 5.74) is 4.05. The molecule has 0 bridgehead atoms. The first-order valence-corrected chi connectivity index (χ1v) is 4.09. The molecule has 0 unspecified atom stereocenters. The number of aliphatic carboxylic acids is 1. The first-order valence-electron chi connectivity index (χ1n) is 4.09. The lowest BCUT2D eigenvalue weighted by atomic mass is 10.2. The lowest BCUT2D eigenvalue weighted by Crippen LogP contribution is -2.15. The first kappa shape index (κ1) is 12.1. The second-order valence-electron chi connectivity index (χ2n) is 2.90. The van der Waals surface area contributed by atoms with Gasteiger partial charge in [0.25, 0.3) is 0 Å². The summed E-state index contributed by atoms with van der Waals surface area (Å²) in [6, 6.07) is 0.665. The van der Waals surface area contributed by atoms with Crippen LogP contribution in [0.2, 0.25) is 0 Å². The molecule has 8 heteroatoms. The molecule has 1 aromatic rings.